The van der Waals surface area contributed by atoms with Crippen LogP contribution in [0.4, 0.5) is 0 Å². The Morgan fingerprint density at radius 2 is 1.70 bits per heavy atom. The maximum atomic E-state index is 11.7. The molecule has 0 unspecified atom stereocenters. The molecule has 5 nitrogen and oxygen atoms in total. The molecule has 3 aromatic rings. The Hall–Kier alpha value is -3.17. The van der Waals surface area contributed by atoms with Gasteiger partial charge in [-0.25, -0.2) is 13.1 Å². The summed E-state index contributed by atoms with van der Waals surface area (Å²) in [5, 5.41) is 14.3. The second-order valence-electron chi connectivity index (χ2n) is 6.32. The molecule has 0 spiro atoms. The molecule has 0 aliphatic rings. The van der Waals surface area contributed by atoms with Crippen LogP contribution in [0.1, 0.15) is 11.3 Å². The quantitative estimate of drug-likeness (QED) is 0.630. The van der Waals surface area contributed by atoms with E-state index in [0.29, 0.717) is 17.9 Å². The predicted octanol–water partition coefficient (Wildman–Crippen LogP) is 3.99. The van der Waals surface area contributed by atoms with Crippen LogP contribution in [0.2, 0.25) is 0 Å². The smallest absolute Gasteiger partial charge is 0.175 e. The van der Waals surface area contributed by atoms with Crippen molar-refractivity contribution in [3.05, 3.63) is 72.4 Å². The van der Waals surface area contributed by atoms with E-state index in [1.807, 2.05) is 31.2 Å². The second-order valence-corrected chi connectivity index (χ2v) is 8.33. The number of nitriles is 1. The monoisotopic (exact) mass is 377 g/mol. The molecular weight excluding hydrogens is 358 g/mol. The van der Waals surface area contributed by atoms with E-state index in [9.17, 15) is 13.7 Å². The lowest BCUT2D eigenvalue weighted by Crippen LogP contribution is -2.00. The lowest BCUT2D eigenvalue weighted by atomic mass is 9.98. The lowest BCUT2D eigenvalue weighted by molar-refractivity contribution is 0.602. The highest BCUT2D eigenvalue weighted by Crippen LogP contribution is 2.35. The number of hydrogen-bond acceptors (Lipinski definition) is 4. The highest BCUT2D eigenvalue weighted by Gasteiger charge is 2.20. The molecule has 0 saturated heterocycles. The van der Waals surface area contributed by atoms with Crippen LogP contribution >= 0.6 is 0 Å². The fraction of sp³-hybridized carbons (Fsp3) is 0.143. The summed E-state index contributed by atoms with van der Waals surface area (Å²) in [6, 6.07) is 16.7. The van der Waals surface area contributed by atoms with E-state index >= 15 is 0 Å². The normalized spacial score (nSPS) is 11.1. The summed E-state index contributed by atoms with van der Waals surface area (Å²) in [6.07, 6.45) is 2.86. The Balaban J connectivity index is 2.24. The van der Waals surface area contributed by atoms with Gasteiger partial charge in [0, 0.05) is 17.4 Å². The van der Waals surface area contributed by atoms with E-state index in [0.717, 1.165) is 22.3 Å². The van der Waals surface area contributed by atoms with Crippen LogP contribution in [0, 0.1) is 18.3 Å². The van der Waals surface area contributed by atoms with Crippen molar-refractivity contribution < 1.29 is 8.42 Å². The number of nitrogens with zero attached hydrogens (tertiary/aromatic N) is 3. The summed E-state index contributed by atoms with van der Waals surface area (Å²) >= 11 is 0. The Morgan fingerprint density at radius 1 is 1.11 bits per heavy atom. The zero-order valence-electron chi connectivity index (χ0n) is 15.2. The molecule has 6 heteroatoms. The maximum Gasteiger partial charge on any atom is 0.175 e. The van der Waals surface area contributed by atoms with Crippen LogP contribution in [-0.2, 0) is 16.4 Å². The molecule has 0 N–H and O–H groups in total. The van der Waals surface area contributed by atoms with Crippen molar-refractivity contribution in [3.63, 3.8) is 0 Å². The first kappa shape index (κ1) is 18.6. The highest BCUT2D eigenvalue weighted by molar-refractivity contribution is 7.90. The van der Waals surface area contributed by atoms with Crippen molar-refractivity contribution in [2.75, 3.05) is 6.26 Å². The van der Waals surface area contributed by atoms with Gasteiger partial charge in [-0.2, -0.15) is 10.4 Å². The molecule has 136 valence electrons. The van der Waals surface area contributed by atoms with Crippen LogP contribution in [0.15, 0.2) is 66.1 Å². The van der Waals surface area contributed by atoms with E-state index in [1.54, 1.807) is 35.0 Å². The number of hydrogen-bond donors (Lipinski definition) is 0. The number of aromatic nitrogens is 2. The van der Waals surface area contributed by atoms with Crippen LogP contribution in [-0.4, -0.2) is 24.5 Å². The zero-order valence-corrected chi connectivity index (χ0v) is 16.0. The Morgan fingerprint density at radius 3 is 2.22 bits per heavy atom. The largest absolute Gasteiger partial charge is 0.250 e. The molecule has 2 aromatic carbocycles. The molecule has 0 atom stereocenters. The summed E-state index contributed by atoms with van der Waals surface area (Å²) in [4.78, 5) is 0.245. The maximum absolute atomic E-state index is 11.7. The van der Waals surface area contributed by atoms with Gasteiger partial charge in [0.15, 0.2) is 9.84 Å². The van der Waals surface area contributed by atoms with Gasteiger partial charge < -0.3 is 0 Å². The minimum Gasteiger partial charge on any atom is -0.250 e. The standard InChI is InChI=1S/C21H19N3O2S/c1-4-13-24-19(14-22)20(16-7-5-15(2)6-8-16)21(23-24)17-9-11-18(12-10-17)27(3,25)26/h4-12H,1,13H2,2-3H3. The summed E-state index contributed by atoms with van der Waals surface area (Å²) in [7, 11) is -3.28. The molecular formula is C21H19N3O2S. The van der Waals surface area contributed by atoms with E-state index in [-0.39, 0.29) is 4.90 Å². The fourth-order valence-corrected chi connectivity index (χ4v) is 3.52. The predicted molar refractivity (Wildman–Crippen MR) is 106 cm³/mol. The summed E-state index contributed by atoms with van der Waals surface area (Å²) in [5.41, 5.74) is 4.56. The van der Waals surface area contributed by atoms with Gasteiger partial charge >= 0.3 is 0 Å². The molecule has 27 heavy (non-hydrogen) atoms. The lowest BCUT2D eigenvalue weighted by Gasteiger charge is -2.05. The molecule has 1 heterocycles. The molecule has 0 saturated carbocycles. The second kappa shape index (κ2) is 7.22. The van der Waals surface area contributed by atoms with Crippen molar-refractivity contribution in [1.29, 1.82) is 5.26 Å². The number of rotatable bonds is 5. The number of allylic oxidation sites excluding steroid dienone is 1. The van der Waals surface area contributed by atoms with Crippen LogP contribution in [0.3, 0.4) is 0 Å². The van der Waals surface area contributed by atoms with Crippen LogP contribution in [0.25, 0.3) is 22.4 Å². The Kier molecular flexibility index (Phi) is 4.98. The summed E-state index contributed by atoms with van der Waals surface area (Å²) < 4.78 is 25.0. The van der Waals surface area contributed by atoms with Gasteiger partial charge in [0.2, 0.25) is 0 Å². The van der Waals surface area contributed by atoms with Crippen molar-refractivity contribution in [3.8, 4) is 28.5 Å². The molecule has 0 aliphatic carbocycles. The minimum absolute atomic E-state index is 0.245. The van der Waals surface area contributed by atoms with Gasteiger partial charge in [-0.3, -0.25) is 0 Å². The van der Waals surface area contributed by atoms with E-state index in [1.165, 1.54) is 6.26 Å². The van der Waals surface area contributed by atoms with Crippen molar-refractivity contribution in [1.82, 2.24) is 9.78 Å². The van der Waals surface area contributed by atoms with E-state index < -0.39 is 9.84 Å². The SMILES string of the molecule is C=CCn1nc(-c2ccc(S(C)(=O)=O)cc2)c(-c2ccc(C)cc2)c1C#N. The average Bonchev–Trinajstić information content (AvgIpc) is 3.00. The molecule has 1 aromatic heterocycles. The number of sulfone groups is 1. The van der Waals surface area contributed by atoms with Gasteiger partial charge in [0.05, 0.1) is 11.4 Å². The average molecular weight is 377 g/mol. The molecule has 0 fully saturated rings. The first-order valence-electron chi connectivity index (χ1n) is 8.34. The summed E-state index contributed by atoms with van der Waals surface area (Å²) in [5.74, 6) is 0. The van der Waals surface area contributed by atoms with Gasteiger partial charge in [-0.1, -0.05) is 48.0 Å². The Bertz CT molecular complexity index is 1130. The first-order chi connectivity index (χ1) is 12.8. The van der Waals surface area contributed by atoms with Gasteiger partial charge in [0.1, 0.15) is 17.5 Å². The van der Waals surface area contributed by atoms with Crippen molar-refractivity contribution in [2.24, 2.45) is 0 Å². The van der Waals surface area contributed by atoms with Crippen molar-refractivity contribution in [2.45, 2.75) is 18.4 Å². The molecule has 3 rings (SSSR count). The third kappa shape index (κ3) is 3.69. The van der Waals surface area contributed by atoms with Gasteiger partial charge in [-0.05, 0) is 24.6 Å². The fourth-order valence-electron chi connectivity index (χ4n) is 2.89. The molecule has 0 radical (unpaired) electrons. The first-order valence-corrected chi connectivity index (χ1v) is 10.2. The topological polar surface area (TPSA) is 75.8 Å². The van der Waals surface area contributed by atoms with E-state index in [2.05, 4.69) is 17.7 Å². The molecule has 0 amide bonds. The van der Waals surface area contributed by atoms with Crippen LogP contribution in [0.5, 0.6) is 0 Å². The number of benzene rings is 2. The Labute approximate surface area is 159 Å². The van der Waals surface area contributed by atoms with Crippen molar-refractivity contribution >= 4 is 9.84 Å². The third-order valence-corrected chi connectivity index (χ3v) is 5.38. The molecule has 0 aliphatic heterocycles. The van der Waals surface area contributed by atoms with Crippen LogP contribution < -0.4 is 0 Å². The van der Waals surface area contributed by atoms with E-state index in [4.69, 9.17) is 0 Å². The number of aryl methyl sites for hydroxylation is 1. The van der Waals surface area contributed by atoms with Gasteiger partial charge in [-0.15, -0.1) is 6.58 Å². The summed E-state index contributed by atoms with van der Waals surface area (Å²) in [6.45, 7) is 6.14. The zero-order chi connectivity index (χ0) is 19.6. The molecule has 0 bridgehead atoms. The third-order valence-electron chi connectivity index (χ3n) is 4.26. The highest BCUT2D eigenvalue weighted by atomic mass is 32.2. The van der Waals surface area contributed by atoms with Gasteiger partial charge in [0.25, 0.3) is 0 Å². The minimum atomic E-state index is -3.28.